The zero-order chi connectivity index (χ0) is 13.1. The molecule has 2 unspecified atom stereocenters. The number of carbonyl (C=O) groups is 1. The Bertz CT molecular complexity index is 406. The molecule has 1 saturated heterocycles. The lowest BCUT2D eigenvalue weighted by Gasteiger charge is -2.39. The Labute approximate surface area is 108 Å². The van der Waals surface area contributed by atoms with Crippen molar-refractivity contribution in [2.75, 3.05) is 13.1 Å². The summed E-state index contributed by atoms with van der Waals surface area (Å²) in [5.74, 6) is -0.370. The molecule has 0 spiro atoms. The van der Waals surface area contributed by atoms with E-state index in [0.717, 1.165) is 19.6 Å². The van der Waals surface area contributed by atoms with Crippen molar-refractivity contribution >= 4 is 5.91 Å². The van der Waals surface area contributed by atoms with Crippen LogP contribution < -0.4 is 11.1 Å². The monoisotopic (exact) mass is 247 g/mol. The quantitative estimate of drug-likeness (QED) is 0.836. The van der Waals surface area contributed by atoms with Gasteiger partial charge in [-0.3, -0.25) is 9.69 Å². The lowest BCUT2D eigenvalue weighted by molar-refractivity contribution is 0.0999. The topological polar surface area (TPSA) is 58.4 Å². The van der Waals surface area contributed by atoms with E-state index in [4.69, 9.17) is 5.73 Å². The molecule has 0 radical (unpaired) electrons. The summed E-state index contributed by atoms with van der Waals surface area (Å²) in [5.41, 5.74) is 7.03. The molecule has 1 heterocycles. The Morgan fingerprint density at radius 3 is 2.33 bits per heavy atom. The van der Waals surface area contributed by atoms with Crippen LogP contribution in [-0.4, -0.2) is 36.0 Å². The fraction of sp³-hybridized carbons (Fsp3) is 0.500. The van der Waals surface area contributed by atoms with Gasteiger partial charge in [0.2, 0.25) is 5.91 Å². The van der Waals surface area contributed by atoms with Crippen LogP contribution in [0.5, 0.6) is 0 Å². The fourth-order valence-electron chi connectivity index (χ4n) is 2.47. The van der Waals surface area contributed by atoms with E-state index < -0.39 is 0 Å². The molecule has 1 aliphatic heterocycles. The first-order chi connectivity index (χ1) is 8.58. The third-order valence-electron chi connectivity index (χ3n) is 3.62. The number of benzene rings is 1. The molecule has 4 heteroatoms. The number of rotatable bonds is 3. The van der Waals surface area contributed by atoms with E-state index in [2.05, 4.69) is 24.1 Å². The van der Waals surface area contributed by atoms with Gasteiger partial charge < -0.3 is 11.1 Å². The highest BCUT2D eigenvalue weighted by Gasteiger charge is 2.24. The van der Waals surface area contributed by atoms with Gasteiger partial charge in [-0.15, -0.1) is 0 Å². The van der Waals surface area contributed by atoms with Gasteiger partial charge in [-0.2, -0.15) is 0 Å². The number of nitrogens with zero attached hydrogens (tertiary/aromatic N) is 1. The summed E-state index contributed by atoms with van der Waals surface area (Å²) in [4.78, 5) is 13.5. The van der Waals surface area contributed by atoms with Crippen molar-refractivity contribution in [3.63, 3.8) is 0 Å². The smallest absolute Gasteiger partial charge is 0.248 e. The molecule has 0 bridgehead atoms. The van der Waals surface area contributed by atoms with Crippen LogP contribution in [0.4, 0.5) is 0 Å². The van der Waals surface area contributed by atoms with Gasteiger partial charge in [0.25, 0.3) is 0 Å². The average molecular weight is 247 g/mol. The third-order valence-corrected chi connectivity index (χ3v) is 3.62. The van der Waals surface area contributed by atoms with E-state index in [1.54, 1.807) is 12.1 Å². The molecular formula is C14H21N3O. The molecule has 0 saturated carbocycles. The first-order valence-electron chi connectivity index (χ1n) is 6.43. The predicted octanol–water partition coefficient (Wildman–Crippen LogP) is 0.968. The SMILES string of the molecule is CC1CNCC(C)N1Cc1ccc(C(N)=O)cc1. The summed E-state index contributed by atoms with van der Waals surface area (Å²) in [5, 5.41) is 3.42. The molecule has 0 aliphatic carbocycles. The first kappa shape index (κ1) is 13.1. The number of hydrogen-bond acceptors (Lipinski definition) is 3. The van der Waals surface area contributed by atoms with E-state index in [1.165, 1.54) is 5.56 Å². The minimum absolute atomic E-state index is 0.370. The Balaban J connectivity index is 2.06. The van der Waals surface area contributed by atoms with E-state index >= 15 is 0 Å². The number of piperazine rings is 1. The molecular weight excluding hydrogens is 226 g/mol. The molecule has 4 nitrogen and oxygen atoms in total. The highest BCUT2D eigenvalue weighted by atomic mass is 16.1. The van der Waals surface area contributed by atoms with Crippen molar-refractivity contribution in [2.45, 2.75) is 32.5 Å². The molecule has 1 aromatic carbocycles. The summed E-state index contributed by atoms with van der Waals surface area (Å²) >= 11 is 0. The second kappa shape index (κ2) is 5.50. The van der Waals surface area contributed by atoms with Crippen molar-refractivity contribution in [3.05, 3.63) is 35.4 Å². The Morgan fingerprint density at radius 2 is 1.83 bits per heavy atom. The minimum Gasteiger partial charge on any atom is -0.366 e. The van der Waals surface area contributed by atoms with Crippen molar-refractivity contribution in [1.29, 1.82) is 0 Å². The average Bonchev–Trinajstić information content (AvgIpc) is 2.34. The Hall–Kier alpha value is -1.39. The number of primary amides is 1. The van der Waals surface area contributed by atoms with Gasteiger partial charge in [0.05, 0.1) is 0 Å². The van der Waals surface area contributed by atoms with E-state index in [9.17, 15) is 4.79 Å². The molecule has 1 fully saturated rings. The van der Waals surface area contributed by atoms with Crippen LogP contribution in [0.2, 0.25) is 0 Å². The zero-order valence-electron chi connectivity index (χ0n) is 11.0. The van der Waals surface area contributed by atoms with E-state index in [1.807, 2.05) is 12.1 Å². The van der Waals surface area contributed by atoms with E-state index in [-0.39, 0.29) is 5.91 Å². The van der Waals surface area contributed by atoms with E-state index in [0.29, 0.717) is 17.6 Å². The van der Waals surface area contributed by atoms with Crippen LogP contribution >= 0.6 is 0 Å². The summed E-state index contributed by atoms with van der Waals surface area (Å²) in [6.45, 7) is 7.46. The van der Waals surface area contributed by atoms with Crippen LogP contribution in [0.15, 0.2) is 24.3 Å². The number of nitrogens with one attached hydrogen (secondary N) is 1. The Morgan fingerprint density at radius 1 is 1.28 bits per heavy atom. The molecule has 0 aromatic heterocycles. The van der Waals surface area contributed by atoms with Gasteiger partial charge in [0.15, 0.2) is 0 Å². The number of carbonyl (C=O) groups excluding carboxylic acids is 1. The Kier molecular flexibility index (Phi) is 3.99. The normalized spacial score (nSPS) is 25.0. The maximum atomic E-state index is 11.0. The van der Waals surface area contributed by atoms with Gasteiger partial charge in [-0.1, -0.05) is 12.1 Å². The molecule has 98 valence electrons. The molecule has 1 aromatic rings. The van der Waals surface area contributed by atoms with Crippen LogP contribution in [-0.2, 0) is 6.54 Å². The minimum atomic E-state index is -0.370. The van der Waals surface area contributed by atoms with Crippen LogP contribution in [0, 0.1) is 0 Å². The van der Waals surface area contributed by atoms with Gasteiger partial charge in [-0.25, -0.2) is 0 Å². The van der Waals surface area contributed by atoms with Crippen molar-refractivity contribution < 1.29 is 4.79 Å². The summed E-state index contributed by atoms with van der Waals surface area (Å²) < 4.78 is 0. The highest BCUT2D eigenvalue weighted by molar-refractivity contribution is 5.92. The zero-order valence-corrected chi connectivity index (χ0v) is 11.0. The number of amides is 1. The van der Waals surface area contributed by atoms with Crippen LogP contribution in [0.25, 0.3) is 0 Å². The van der Waals surface area contributed by atoms with Gasteiger partial charge >= 0.3 is 0 Å². The molecule has 1 aliphatic rings. The third kappa shape index (κ3) is 2.89. The summed E-state index contributed by atoms with van der Waals surface area (Å²) in [6, 6.07) is 8.64. The molecule has 1 amide bonds. The lowest BCUT2D eigenvalue weighted by Crippen LogP contribution is -2.54. The second-order valence-corrected chi connectivity index (χ2v) is 5.09. The van der Waals surface area contributed by atoms with Crippen molar-refractivity contribution in [3.8, 4) is 0 Å². The van der Waals surface area contributed by atoms with Gasteiger partial charge in [0.1, 0.15) is 0 Å². The molecule has 2 rings (SSSR count). The van der Waals surface area contributed by atoms with Crippen molar-refractivity contribution in [1.82, 2.24) is 10.2 Å². The maximum Gasteiger partial charge on any atom is 0.248 e. The van der Waals surface area contributed by atoms with Crippen molar-refractivity contribution in [2.24, 2.45) is 5.73 Å². The summed E-state index contributed by atoms with van der Waals surface area (Å²) in [6.07, 6.45) is 0. The predicted molar refractivity (Wildman–Crippen MR) is 72.3 cm³/mol. The molecule has 3 N–H and O–H groups in total. The molecule has 2 atom stereocenters. The molecule has 18 heavy (non-hydrogen) atoms. The largest absolute Gasteiger partial charge is 0.366 e. The van der Waals surface area contributed by atoms with Crippen LogP contribution in [0.3, 0.4) is 0 Å². The van der Waals surface area contributed by atoms with Crippen LogP contribution in [0.1, 0.15) is 29.8 Å². The highest BCUT2D eigenvalue weighted by Crippen LogP contribution is 2.15. The van der Waals surface area contributed by atoms with Gasteiger partial charge in [0, 0.05) is 37.3 Å². The second-order valence-electron chi connectivity index (χ2n) is 5.09. The standard InChI is InChI=1S/C14H21N3O/c1-10-7-16-8-11(2)17(10)9-12-3-5-13(6-4-12)14(15)18/h3-6,10-11,16H,7-9H2,1-2H3,(H2,15,18). The van der Waals surface area contributed by atoms with Gasteiger partial charge in [-0.05, 0) is 31.5 Å². The maximum absolute atomic E-state index is 11.0. The number of hydrogen-bond donors (Lipinski definition) is 2. The number of nitrogens with two attached hydrogens (primary N) is 1. The fourth-order valence-corrected chi connectivity index (χ4v) is 2.47. The lowest BCUT2D eigenvalue weighted by atomic mass is 10.1. The summed E-state index contributed by atoms with van der Waals surface area (Å²) in [7, 11) is 0. The first-order valence-corrected chi connectivity index (χ1v) is 6.43.